The lowest BCUT2D eigenvalue weighted by atomic mass is 9.92. The van der Waals surface area contributed by atoms with Gasteiger partial charge in [-0.15, -0.1) is 0 Å². The molecule has 1 aliphatic rings. The maximum atomic E-state index is 12.5. The summed E-state index contributed by atoms with van der Waals surface area (Å²) >= 11 is 1.24. The zero-order valence-corrected chi connectivity index (χ0v) is 17.6. The predicted octanol–water partition coefficient (Wildman–Crippen LogP) is 2.67. The number of aromatic nitrogens is 1. The van der Waals surface area contributed by atoms with E-state index in [0.29, 0.717) is 28.2 Å². The van der Waals surface area contributed by atoms with Gasteiger partial charge in [0.1, 0.15) is 5.52 Å². The molecule has 1 aromatic carbocycles. The monoisotopic (exact) mass is 411 g/mol. The molecule has 1 saturated heterocycles. The second kappa shape index (κ2) is 7.81. The molecule has 148 valence electrons. The average Bonchev–Trinajstić information content (AvgIpc) is 3.00. The van der Waals surface area contributed by atoms with Gasteiger partial charge in [-0.25, -0.2) is 17.7 Å². The molecule has 0 saturated carbocycles. The standard InChI is InChI=1S/C18H25N3O4S2/c1-12-7-13(2)10-21(9-12)17(22)11-26-18-19-15-8-14(5-6-16(15)25-18)27(23,24)20(3)4/h5-6,8,12-13H,7,9-11H2,1-4H3/t12-,13+. The molecule has 1 aliphatic heterocycles. The second-order valence-corrected chi connectivity index (χ2v) is 10.5. The molecular formula is C18H25N3O4S2. The van der Waals surface area contributed by atoms with Crippen LogP contribution in [-0.2, 0) is 14.8 Å². The van der Waals surface area contributed by atoms with Crippen LogP contribution in [0.4, 0.5) is 0 Å². The lowest BCUT2D eigenvalue weighted by Crippen LogP contribution is -2.43. The number of piperidine rings is 1. The first-order valence-corrected chi connectivity index (χ1v) is 11.3. The van der Waals surface area contributed by atoms with E-state index < -0.39 is 10.0 Å². The molecule has 0 aliphatic carbocycles. The maximum absolute atomic E-state index is 12.5. The highest BCUT2D eigenvalue weighted by Crippen LogP contribution is 2.27. The second-order valence-electron chi connectivity index (χ2n) is 7.43. The van der Waals surface area contributed by atoms with Crippen molar-refractivity contribution in [3.63, 3.8) is 0 Å². The van der Waals surface area contributed by atoms with Crippen molar-refractivity contribution < 1.29 is 17.6 Å². The first kappa shape index (κ1) is 20.2. The van der Waals surface area contributed by atoms with Gasteiger partial charge in [-0.1, -0.05) is 25.6 Å². The van der Waals surface area contributed by atoms with E-state index in [1.165, 1.54) is 38.0 Å². The first-order valence-electron chi connectivity index (χ1n) is 8.90. The summed E-state index contributed by atoms with van der Waals surface area (Å²) in [6, 6.07) is 4.59. The summed E-state index contributed by atoms with van der Waals surface area (Å²) in [5.41, 5.74) is 0.968. The van der Waals surface area contributed by atoms with Crippen LogP contribution in [0.5, 0.6) is 0 Å². The fraction of sp³-hybridized carbons (Fsp3) is 0.556. The van der Waals surface area contributed by atoms with Gasteiger partial charge in [0.15, 0.2) is 5.58 Å². The summed E-state index contributed by atoms with van der Waals surface area (Å²) in [5, 5.41) is 0.371. The Kier molecular flexibility index (Phi) is 5.83. The minimum absolute atomic E-state index is 0.0801. The van der Waals surface area contributed by atoms with E-state index >= 15 is 0 Å². The van der Waals surface area contributed by atoms with Crippen molar-refractivity contribution in [2.45, 2.75) is 30.4 Å². The van der Waals surface area contributed by atoms with Crippen molar-refractivity contribution in [2.75, 3.05) is 32.9 Å². The number of rotatable bonds is 5. The number of carbonyl (C=O) groups is 1. The highest BCUT2D eigenvalue weighted by molar-refractivity contribution is 7.99. The lowest BCUT2D eigenvalue weighted by molar-refractivity contribution is -0.130. The van der Waals surface area contributed by atoms with E-state index in [2.05, 4.69) is 18.8 Å². The molecule has 1 amide bonds. The number of carbonyl (C=O) groups excluding carboxylic acids is 1. The lowest BCUT2D eigenvalue weighted by Gasteiger charge is -2.34. The summed E-state index contributed by atoms with van der Waals surface area (Å²) < 4.78 is 31.3. The molecule has 2 heterocycles. The van der Waals surface area contributed by atoms with Gasteiger partial charge in [-0.2, -0.15) is 0 Å². The van der Waals surface area contributed by atoms with Gasteiger partial charge in [0, 0.05) is 27.2 Å². The van der Waals surface area contributed by atoms with Crippen LogP contribution in [0.2, 0.25) is 0 Å². The normalized spacial score (nSPS) is 21.1. The van der Waals surface area contributed by atoms with E-state index in [9.17, 15) is 13.2 Å². The Morgan fingerprint density at radius 1 is 1.30 bits per heavy atom. The van der Waals surface area contributed by atoms with Gasteiger partial charge < -0.3 is 9.32 Å². The number of hydrogen-bond acceptors (Lipinski definition) is 6. The van der Waals surface area contributed by atoms with Crippen LogP contribution in [0.15, 0.2) is 32.7 Å². The van der Waals surface area contributed by atoms with Crippen molar-refractivity contribution >= 4 is 38.8 Å². The molecular weight excluding hydrogens is 386 g/mol. The summed E-state index contributed by atoms with van der Waals surface area (Å²) in [5.74, 6) is 1.37. The van der Waals surface area contributed by atoms with E-state index in [1.54, 1.807) is 6.07 Å². The molecule has 0 bridgehead atoms. The van der Waals surface area contributed by atoms with Crippen molar-refractivity contribution in [3.05, 3.63) is 18.2 Å². The highest BCUT2D eigenvalue weighted by atomic mass is 32.2. The smallest absolute Gasteiger partial charge is 0.257 e. The number of amides is 1. The van der Waals surface area contributed by atoms with Gasteiger partial charge in [-0.05, 0) is 36.5 Å². The fourth-order valence-corrected chi connectivity index (χ4v) is 5.06. The number of fused-ring (bicyclic) bond motifs is 1. The number of hydrogen-bond donors (Lipinski definition) is 0. The molecule has 0 radical (unpaired) electrons. The number of benzene rings is 1. The third-order valence-corrected chi connectivity index (χ3v) is 7.28. The van der Waals surface area contributed by atoms with Crippen molar-refractivity contribution in [3.8, 4) is 0 Å². The first-order chi connectivity index (χ1) is 12.7. The summed E-state index contributed by atoms with van der Waals surface area (Å²) in [6.07, 6.45) is 1.15. The number of sulfonamides is 1. The Bertz CT molecular complexity index is 929. The van der Waals surface area contributed by atoms with Crippen molar-refractivity contribution in [1.82, 2.24) is 14.2 Å². The van der Waals surface area contributed by atoms with Gasteiger partial charge in [0.2, 0.25) is 15.9 Å². The molecule has 3 rings (SSSR count). The summed E-state index contributed by atoms with van der Waals surface area (Å²) in [7, 11) is -0.558. The topological polar surface area (TPSA) is 83.7 Å². The van der Waals surface area contributed by atoms with Crippen LogP contribution >= 0.6 is 11.8 Å². The van der Waals surface area contributed by atoms with E-state index in [4.69, 9.17) is 4.42 Å². The Balaban J connectivity index is 1.70. The molecule has 7 nitrogen and oxygen atoms in total. The molecule has 0 unspecified atom stereocenters. The molecule has 0 N–H and O–H groups in total. The average molecular weight is 412 g/mol. The molecule has 1 aromatic heterocycles. The fourth-order valence-electron chi connectivity index (χ4n) is 3.40. The highest BCUT2D eigenvalue weighted by Gasteiger charge is 2.26. The number of likely N-dealkylation sites (tertiary alicyclic amines) is 1. The quantitative estimate of drug-likeness (QED) is 0.704. The Morgan fingerprint density at radius 3 is 2.59 bits per heavy atom. The third kappa shape index (κ3) is 4.47. The summed E-state index contributed by atoms with van der Waals surface area (Å²) in [4.78, 5) is 18.9. The SMILES string of the molecule is C[C@@H]1C[C@H](C)CN(C(=O)CSc2nc3cc(S(=O)(=O)N(C)C)ccc3o2)C1. The van der Waals surface area contributed by atoms with Gasteiger partial charge in [0.25, 0.3) is 5.22 Å². The molecule has 0 spiro atoms. The number of thioether (sulfide) groups is 1. The maximum Gasteiger partial charge on any atom is 0.257 e. The third-order valence-electron chi connectivity index (χ3n) is 4.66. The van der Waals surface area contributed by atoms with Gasteiger partial charge in [0.05, 0.1) is 10.6 Å². The predicted molar refractivity (Wildman–Crippen MR) is 105 cm³/mol. The summed E-state index contributed by atoms with van der Waals surface area (Å²) in [6.45, 7) is 5.93. The van der Waals surface area contributed by atoms with Gasteiger partial charge in [-0.3, -0.25) is 4.79 Å². The Hall–Kier alpha value is -1.58. The van der Waals surface area contributed by atoms with Crippen molar-refractivity contribution in [1.29, 1.82) is 0 Å². The minimum Gasteiger partial charge on any atom is -0.431 e. The molecule has 27 heavy (non-hydrogen) atoms. The van der Waals surface area contributed by atoms with Crippen LogP contribution in [0.3, 0.4) is 0 Å². The minimum atomic E-state index is -3.53. The molecule has 9 heteroatoms. The molecule has 1 fully saturated rings. The number of oxazole rings is 1. The van der Waals surface area contributed by atoms with Crippen LogP contribution in [0, 0.1) is 11.8 Å². The zero-order valence-electron chi connectivity index (χ0n) is 16.0. The van der Waals surface area contributed by atoms with Crippen molar-refractivity contribution in [2.24, 2.45) is 11.8 Å². The molecule has 2 atom stereocenters. The largest absolute Gasteiger partial charge is 0.431 e. The van der Waals surface area contributed by atoms with Crippen LogP contribution < -0.4 is 0 Å². The molecule has 2 aromatic rings. The van der Waals surface area contributed by atoms with Crippen LogP contribution in [0.1, 0.15) is 20.3 Å². The Labute approximate surface area is 164 Å². The Morgan fingerprint density at radius 2 is 1.96 bits per heavy atom. The zero-order chi connectivity index (χ0) is 19.8. The van der Waals surface area contributed by atoms with Gasteiger partial charge >= 0.3 is 0 Å². The van der Waals surface area contributed by atoms with Crippen LogP contribution in [-0.4, -0.2) is 61.5 Å². The van der Waals surface area contributed by atoms with E-state index in [-0.39, 0.29) is 16.6 Å². The van der Waals surface area contributed by atoms with Crippen LogP contribution in [0.25, 0.3) is 11.1 Å². The number of nitrogens with zero attached hydrogens (tertiary/aromatic N) is 3. The van der Waals surface area contributed by atoms with E-state index in [0.717, 1.165) is 23.8 Å². The van der Waals surface area contributed by atoms with E-state index in [1.807, 2.05) is 4.90 Å².